The van der Waals surface area contributed by atoms with Crippen LogP contribution < -0.4 is 11.1 Å². The highest BCUT2D eigenvalue weighted by atomic mass is 32.1. The Kier molecular flexibility index (Phi) is 7.25. The molecule has 3 N–H and O–H groups in total. The first kappa shape index (κ1) is 14.3. The van der Waals surface area contributed by atoms with Crippen LogP contribution in [0.25, 0.3) is 0 Å². The Hall–Kier alpha value is -0.680. The maximum absolute atomic E-state index is 11.3. The summed E-state index contributed by atoms with van der Waals surface area (Å²) in [6.07, 6.45) is 1.31. The molecule has 0 aliphatic rings. The number of nitrogens with two attached hydrogens (primary N) is 1. The maximum Gasteiger partial charge on any atom is 0.220 e. The Morgan fingerprint density at radius 3 is 2.60 bits per heavy atom. The van der Waals surface area contributed by atoms with Gasteiger partial charge in [-0.15, -0.1) is 0 Å². The summed E-state index contributed by atoms with van der Waals surface area (Å²) < 4.78 is 5.04. The van der Waals surface area contributed by atoms with Crippen molar-refractivity contribution in [3.63, 3.8) is 0 Å². The second-order valence-electron chi connectivity index (χ2n) is 3.69. The summed E-state index contributed by atoms with van der Waals surface area (Å²) in [5, 5.41) is 2.78. The normalized spacial score (nSPS) is 14.3. The van der Waals surface area contributed by atoms with Crippen LogP contribution in [0.5, 0.6) is 0 Å². The van der Waals surface area contributed by atoms with Crippen molar-refractivity contribution in [2.45, 2.75) is 32.8 Å². The number of carbonyl (C=O) groups is 1. The molecule has 0 radical (unpaired) electrons. The van der Waals surface area contributed by atoms with Gasteiger partial charge in [0.15, 0.2) is 0 Å². The predicted octanol–water partition coefficient (Wildman–Crippen LogP) is 0.840. The van der Waals surface area contributed by atoms with E-state index >= 15 is 0 Å². The van der Waals surface area contributed by atoms with E-state index < -0.39 is 0 Å². The Balaban J connectivity index is 3.62. The van der Waals surface area contributed by atoms with E-state index in [1.807, 2.05) is 13.8 Å². The summed E-state index contributed by atoms with van der Waals surface area (Å²) in [5.74, 6) is 0.0609. The molecule has 88 valence electrons. The van der Waals surface area contributed by atoms with Crippen LogP contribution in [0, 0.1) is 5.92 Å². The van der Waals surface area contributed by atoms with Gasteiger partial charge in [-0.2, -0.15) is 0 Å². The van der Waals surface area contributed by atoms with Gasteiger partial charge >= 0.3 is 0 Å². The van der Waals surface area contributed by atoms with Crippen molar-refractivity contribution in [3.05, 3.63) is 0 Å². The molecule has 2 atom stereocenters. The first-order valence-corrected chi connectivity index (χ1v) is 5.47. The summed E-state index contributed by atoms with van der Waals surface area (Å²) in [7, 11) is 1.64. The van der Waals surface area contributed by atoms with Gasteiger partial charge in [0.1, 0.15) is 0 Å². The van der Waals surface area contributed by atoms with Crippen molar-refractivity contribution in [3.8, 4) is 0 Å². The van der Waals surface area contributed by atoms with E-state index in [0.717, 1.165) is 6.42 Å². The fourth-order valence-electron chi connectivity index (χ4n) is 0.908. The van der Waals surface area contributed by atoms with Crippen molar-refractivity contribution >= 4 is 23.1 Å². The van der Waals surface area contributed by atoms with Crippen molar-refractivity contribution < 1.29 is 9.53 Å². The van der Waals surface area contributed by atoms with Crippen LogP contribution in [0.2, 0.25) is 0 Å². The average molecular weight is 232 g/mol. The second kappa shape index (κ2) is 7.59. The molecule has 0 rings (SSSR count). The lowest BCUT2D eigenvalue weighted by atomic mass is 10.1. The molecular weight excluding hydrogens is 212 g/mol. The lowest BCUT2D eigenvalue weighted by Gasteiger charge is -2.12. The van der Waals surface area contributed by atoms with Gasteiger partial charge in [-0.1, -0.05) is 19.1 Å². The molecule has 2 unspecified atom stereocenters. The molecule has 0 saturated carbocycles. The Bertz CT molecular complexity index is 221. The molecule has 0 spiro atoms. The van der Waals surface area contributed by atoms with Crippen LogP contribution in [0.1, 0.15) is 26.7 Å². The highest BCUT2D eigenvalue weighted by molar-refractivity contribution is 7.80. The largest absolute Gasteiger partial charge is 0.393 e. The van der Waals surface area contributed by atoms with Crippen LogP contribution in [0.4, 0.5) is 0 Å². The molecule has 0 aromatic carbocycles. The quantitative estimate of drug-likeness (QED) is 0.638. The number of carbonyl (C=O) groups excluding carboxylic acids is 1. The van der Waals surface area contributed by atoms with Crippen molar-refractivity contribution in [1.29, 1.82) is 0 Å². The van der Waals surface area contributed by atoms with Gasteiger partial charge < -0.3 is 15.8 Å². The predicted molar refractivity (Wildman–Crippen MR) is 64.7 cm³/mol. The fraction of sp³-hybridized carbons (Fsp3) is 0.800. The van der Waals surface area contributed by atoms with E-state index in [1.54, 1.807) is 7.11 Å². The van der Waals surface area contributed by atoms with Gasteiger partial charge in [0.25, 0.3) is 0 Å². The Labute approximate surface area is 96.5 Å². The Morgan fingerprint density at radius 2 is 2.13 bits per heavy atom. The SMILES string of the molecule is COC(C)CCC(=O)NCC(C)C(N)=S. The number of methoxy groups -OCH3 is 1. The van der Waals surface area contributed by atoms with Gasteiger partial charge in [-0.3, -0.25) is 4.79 Å². The minimum Gasteiger partial charge on any atom is -0.393 e. The molecule has 0 aliphatic carbocycles. The lowest BCUT2D eigenvalue weighted by molar-refractivity contribution is -0.121. The zero-order valence-corrected chi connectivity index (χ0v) is 10.4. The molecule has 0 aromatic rings. The van der Waals surface area contributed by atoms with Crippen LogP contribution in [0.3, 0.4) is 0 Å². The van der Waals surface area contributed by atoms with Crippen LogP contribution in [-0.2, 0) is 9.53 Å². The number of ether oxygens (including phenoxy) is 1. The van der Waals surface area contributed by atoms with Gasteiger partial charge in [0, 0.05) is 26.0 Å². The highest BCUT2D eigenvalue weighted by Crippen LogP contribution is 2.00. The summed E-state index contributed by atoms with van der Waals surface area (Å²) in [4.78, 5) is 11.8. The molecule has 4 nitrogen and oxygen atoms in total. The van der Waals surface area contributed by atoms with E-state index in [0.29, 0.717) is 18.0 Å². The van der Waals surface area contributed by atoms with Crippen molar-refractivity contribution in [2.24, 2.45) is 11.7 Å². The molecule has 5 heteroatoms. The van der Waals surface area contributed by atoms with Gasteiger partial charge in [0.05, 0.1) is 11.1 Å². The second-order valence-corrected chi connectivity index (χ2v) is 4.16. The van der Waals surface area contributed by atoms with E-state index in [1.165, 1.54) is 0 Å². The summed E-state index contributed by atoms with van der Waals surface area (Å²) in [5.41, 5.74) is 5.43. The first-order chi connectivity index (χ1) is 6.97. The number of thiocarbonyl (C=S) groups is 1. The number of rotatable bonds is 7. The maximum atomic E-state index is 11.3. The number of nitrogens with one attached hydrogen (secondary N) is 1. The zero-order chi connectivity index (χ0) is 11.8. The zero-order valence-electron chi connectivity index (χ0n) is 9.58. The molecule has 0 bridgehead atoms. The standard InChI is InChI=1S/C10H20N2O2S/c1-7(10(11)15)6-12-9(13)5-4-8(2)14-3/h7-8H,4-6H2,1-3H3,(H2,11,15)(H,12,13). The smallest absolute Gasteiger partial charge is 0.220 e. The molecule has 0 heterocycles. The third-order valence-corrected chi connectivity index (χ3v) is 2.67. The van der Waals surface area contributed by atoms with Crippen LogP contribution in [-0.4, -0.2) is 30.7 Å². The Morgan fingerprint density at radius 1 is 1.53 bits per heavy atom. The highest BCUT2D eigenvalue weighted by Gasteiger charge is 2.08. The summed E-state index contributed by atoms with van der Waals surface area (Å²) >= 11 is 4.80. The minimum atomic E-state index is 0.0157. The van der Waals surface area contributed by atoms with Crippen molar-refractivity contribution in [2.75, 3.05) is 13.7 Å². The van der Waals surface area contributed by atoms with E-state index in [4.69, 9.17) is 22.7 Å². The van der Waals surface area contributed by atoms with Gasteiger partial charge in [-0.05, 0) is 13.3 Å². The number of hydrogen-bond donors (Lipinski definition) is 2. The molecule has 0 saturated heterocycles. The summed E-state index contributed by atoms with van der Waals surface area (Å²) in [6.45, 7) is 4.33. The lowest BCUT2D eigenvalue weighted by Crippen LogP contribution is -2.33. The van der Waals surface area contributed by atoms with Gasteiger partial charge in [0.2, 0.25) is 5.91 Å². The molecule has 1 amide bonds. The van der Waals surface area contributed by atoms with E-state index in [-0.39, 0.29) is 17.9 Å². The van der Waals surface area contributed by atoms with E-state index in [2.05, 4.69) is 5.32 Å². The van der Waals surface area contributed by atoms with Crippen molar-refractivity contribution in [1.82, 2.24) is 5.32 Å². The van der Waals surface area contributed by atoms with E-state index in [9.17, 15) is 4.79 Å². The third kappa shape index (κ3) is 7.27. The summed E-state index contributed by atoms with van der Waals surface area (Å²) in [6, 6.07) is 0. The van der Waals surface area contributed by atoms with Gasteiger partial charge in [-0.25, -0.2) is 0 Å². The molecule has 0 aliphatic heterocycles. The molecule has 15 heavy (non-hydrogen) atoms. The average Bonchev–Trinajstić information content (AvgIpc) is 2.21. The number of amides is 1. The molecular formula is C10H20N2O2S. The molecule has 0 aromatic heterocycles. The minimum absolute atomic E-state index is 0.0157. The topological polar surface area (TPSA) is 64.3 Å². The monoisotopic (exact) mass is 232 g/mol. The fourth-order valence-corrected chi connectivity index (χ4v) is 0.991. The van der Waals surface area contributed by atoms with Crippen LogP contribution >= 0.6 is 12.2 Å². The molecule has 0 fully saturated rings. The third-order valence-electron chi connectivity index (χ3n) is 2.27. The first-order valence-electron chi connectivity index (χ1n) is 5.06. The number of hydrogen-bond acceptors (Lipinski definition) is 3. The van der Waals surface area contributed by atoms with Crippen LogP contribution in [0.15, 0.2) is 0 Å².